The quantitative estimate of drug-likeness (QED) is 0.848. The standard InChI is InChI=1S/C15H17N3S/c1-2-12-3-5-13(6-4-12)11-19-14-9-17-15(7-8-16)18-10-14/h3-10H,2,11,16H2,1H3. The largest absolute Gasteiger partial charge is 0.404 e. The summed E-state index contributed by atoms with van der Waals surface area (Å²) < 4.78 is 0. The maximum absolute atomic E-state index is 5.29. The summed E-state index contributed by atoms with van der Waals surface area (Å²) >= 11 is 1.73. The molecule has 1 heterocycles. The molecular formula is C15H17N3S. The Labute approximate surface area is 118 Å². The highest BCUT2D eigenvalue weighted by Gasteiger charge is 1.98. The van der Waals surface area contributed by atoms with Crippen molar-refractivity contribution in [3.8, 4) is 0 Å². The third-order valence-electron chi connectivity index (χ3n) is 2.73. The molecule has 0 radical (unpaired) electrons. The molecule has 0 bridgehead atoms. The van der Waals surface area contributed by atoms with Crippen LogP contribution in [0.15, 0.2) is 47.8 Å². The van der Waals surface area contributed by atoms with Crippen LogP contribution < -0.4 is 5.73 Å². The molecule has 0 amide bonds. The van der Waals surface area contributed by atoms with Gasteiger partial charge in [0.05, 0.1) is 0 Å². The lowest BCUT2D eigenvalue weighted by molar-refractivity contribution is 1.07. The molecular weight excluding hydrogens is 254 g/mol. The summed E-state index contributed by atoms with van der Waals surface area (Å²) in [7, 11) is 0. The van der Waals surface area contributed by atoms with Crippen molar-refractivity contribution in [2.24, 2.45) is 5.73 Å². The smallest absolute Gasteiger partial charge is 0.153 e. The number of hydrogen-bond donors (Lipinski definition) is 1. The highest BCUT2D eigenvalue weighted by atomic mass is 32.2. The summed E-state index contributed by atoms with van der Waals surface area (Å²) in [6.07, 6.45) is 7.85. The molecule has 0 unspecified atom stereocenters. The molecule has 0 aliphatic heterocycles. The second-order valence-electron chi connectivity index (χ2n) is 4.09. The molecule has 3 nitrogen and oxygen atoms in total. The zero-order valence-electron chi connectivity index (χ0n) is 10.9. The number of aromatic nitrogens is 2. The van der Waals surface area contributed by atoms with Crippen molar-refractivity contribution in [3.05, 3.63) is 59.8 Å². The van der Waals surface area contributed by atoms with Crippen molar-refractivity contribution in [2.75, 3.05) is 0 Å². The summed E-state index contributed by atoms with van der Waals surface area (Å²) in [4.78, 5) is 9.48. The fourth-order valence-electron chi connectivity index (χ4n) is 1.61. The van der Waals surface area contributed by atoms with Gasteiger partial charge in [-0.1, -0.05) is 31.2 Å². The van der Waals surface area contributed by atoms with E-state index in [-0.39, 0.29) is 0 Å². The van der Waals surface area contributed by atoms with Gasteiger partial charge in [-0.2, -0.15) is 0 Å². The molecule has 0 fully saturated rings. The Morgan fingerprint density at radius 1 is 1.11 bits per heavy atom. The predicted molar refractivity (Wildman–Crippen MR) is 80.6 cm³/mol. The Balaban J connectivity index is 1.93. The minimum Gasteiger partial charge on any atom is -0.404 e. The average molecular weight is 271 g/mol. The van der Waals surface area contributed by atoms with Crippen LogP contribution in [0.25, 0.3) is 6.08 Å². The van der Waals surface area contributed by atoms with Gasteiger partial charge in [-0.3, -0.25) is 0 Å². The molecule has 0 saturated carbocycles. The van der Waals surface area contributed by atoms with E-state index in [0.717, 1.165) is 17.1 Å². The Morgan fingerprint density at radius 2 is 1.74 bits per heavy atom. The molecule has 2 rings (SSSR count). The van der Waals surface area contributed by atoms with Gasteiger partial charge in [-0.05, 0) is 29.8 Å². The molecule has 19 heavy (non-hydrogen) atoms. The first-order valence-electron chi connectivity index (χ1n) is 6.22. The number of benzene rings is 1. The van der Waals surface area contributed by atoms with Crippen LogP contribution in [0.4, 0.5) is 0 Å². The third kappa shape index (κ3) is 4.10. The van der Waals surface area contributed by atoms with Crippen LogP contribution in [0.3, 0.4) is 0 Å². The van der Waals surface area contributed by atoms with E-state index in [2.05, 4.69) is 41.2 Å². The van der Waals surface area contributed by atoms with Crippen molar-refractivity contribution in [3.63, 3.8) is 0 Å². The Hall–Kier alpha value is -1.81. The highest BCUT2D eigenvalue weighted by molar-refractivity contribution is 7.98. The van der Waals surface area contributed by atoms with Gasteiger partial charge >= 0.3 is 0 Å². The van der Waals surface area contributed by atoms with Gasteiger partial charge in [0, 0.05) is 23.0 Å². The Morgan fingerprint density at radius 3 is 2.32 bits per heavy atom. The van der Waals surface area contributed by atoms with Crippen molar-refractivity contribution in [2.45, 2.75) is 24.0 Å². The molecule has 98 valence electrons. The van der Waals surface area contributed by atoms with Gasteiger partial charge in [0.15, 0.2) is 5.82 Å². The van der Waals surface area contributed by atoms with Crippen LogP contribution >= 0.6 is 11.8 Å². The molecule has 1 aromatic heterocycles. The van der Waals surface area contributed by atoms with Gasteiger partial charge in [-0.25, -0.2) is 9.97 Å². The van der Waals surface area contributed by atoms with E-state index in [1.165, 1.54) is 17.3 Å². The molecule has 0 aliphatic carbocycles. The van der Waals surface area contributed by atoms with Crippen LogP contribution in [0, 0.1) is 0 Å². The fourth-order valence-corrected chi connectivity index (χ4v) is 2.39. The highest BCUT2D eigenvalue weighted by Crippen LogP contribution is 2.21. The zero-order valence-corrected chi connectivity index (χ0v) is 11.7. The second kappa shape index (κ2) is 6.95. The van der Waals surface area contributed by atoms with E-state index in [9.17, 15) is 0 Å². The minimum absolute atomic E-state index is 0.638. The van der Waals surface area contributed by atoms with Gasteiger partial charge < -0.3 is 5.73 Å². The second-order valence-corrected chi connectivity index (χ2v) is 5.14. The lowest BCUT2D eigenvalue weighted by Crippen LogP contribution is -1.89. The van der Waals surface area contributed by atoms with E-state index in [4.69, 9.17) is 5.73 Å². The molecule has 0 saturated heterocycles. The van der Waals surface area contributed by atoms with Gasteiger partial charge in [-0.15, -0.1) is 11.8 Å². The van der Waals surface area contributed by atoms with Crippen LogP contribution in [0.5, 0.6) is 0 Å². The van der Waals surface area contributed by atoms with E-state index >= 15 is 0 Å². The third-order valence-corrected chi connectivity index (χ3v) is 3.75. The summed E-state index contributed by atoms with van der Waals surface area (Å²) in [5.41, 5.74) is 7.97. The van der Waals surface area contributed by atoms with Crippen molar-refractivity contribution < 1.29 is 0 Å². The van der Waals surface area contributed by atoms with E-state index in [1.807, 2.05) is 12.4 Å². The van der Waals surface area contributed by atoms with Crippen LogP contribution in [-0.4, -0.2) is 9.97 Å². The summed E-state index contributed by atoms with van der Waals surface area (Å²) in [5.74, 6) is 1.57. The Kier molecular flexibility index (Phi) is 4.98. The molecule has 1 aromatic carbocycles. The SMILES string of the molecule is CCc1ccc(CSc2cnc(C=CN)nc2)cc1. The lowest BCUT2D eigenvalue weighted by Gasteiger charge is -2.03. The number of nitrogens with zero attached hydrogens (tertiary/aromatic N) is 2. The van der Waals surface area contributed by atoms with Crippen LogP contribution in [-0.2, 0) is 12.2 Å². The van der Waals surface area contributed by atoms with Crippen molar-refractivity contribution >= 4 is 17.8 Å². The van der Waals surface area contributed by atoms with Gasteiger partial charge in [0.1, 0.15) is 0 Å². The minimum atomic E-state index is 0.638. The predicted octanol–water partition coefficient (Wildman–Crippen LogP) is 3.26. The molecule has 4 heteroatoms. The van der Waals surface area contributed by atoms with Gasteiger partial charge in [0.2, 0.25) is 0 Å². The van der Waals surface area contributed by atoms with Crippen LogP contribution in [0.1, 0.15) is 23.9 Å². The topological polar surface area (TPSA) is 51.8 Å². The number of thioether (sulfide) groups is 1. The maximum Gasteiger partial charge on any atom is 0.153 e. The number of hydrogen-bond acceptors (Lipinski definition) is 4. The van der Waals surface area contributed by atoms with E-state index in [0.29, 0.717) is 5.82 Å². The maximum atomic E-state index is 5.29. The normalized spacial score (nSPS) is 11.0. The monoisotopic (exact) mass is 271 g/mol. The average Bonchev–Trinajstić information content (AvgIpc) is 2.47. The Bertz CT molecular complexity index is 532. The molecule has 0 atom stereocenters. The summed E-state index contributed by atoms with van der Waals surface area (Å²) in [5, 5.41) is 0. The van der Waals surface area contributed by atoms with Crippen LogP contribution in [0.2, 0.25) is 0 Å². The number of aryl methyl sites for hydroxylation is 1. The first-order chi connectivity index (χ1) is 9.31. The number of rotatable bonds is 5. The first kappa shape index (κ1) is 13.6. The molecule has 0 aliphatic rings. The lowest BCUT2D eigenvalue weighted by atomic mass is 10.1. The van der Waals surface area contributed by atoms with E-state index in [1.54, 1.807) is 17.8 Å². The molecule has 2 N–H and O–H groups in total. The van der Waals surface area contributed by atoms with Crippen molar-refractivity contribution in [1.29, 1.82) is 0 Å². The molecule has 0 spiro atoms. The van der Waals surface area contributed by atoms with Gasteiger partial charge in [0.25, 0.3) is 0 Å². The molecule has 2 aromatic rings. The van der Waals surface area contributed by atoms with E-state index < -0.39 is 0 Å². The summed E-state index contributed by atoms with van der Waals surface area (Å²) in [6.45, 7) is 2.17. The first-order valence-corrected chi connectivity index (χ1v) is 7.21. The fraction of sp³-hybridized carbons (Fsp3) is 0.200. The summed E-state index contributed by atoms with van der Waals surface area (Å²) in [6, 6.07) is 8.72. The number of nitrogens with two attached hydrogens (primary N) is 1. The zero-order chi connectivity index (χ0) is 13.5. The van der Waals surface area contributed by atoms with Crippen molar-refractivity contribution in [1.82, 2.24) is 9.97 Å².